The zero-order valence-electron chi connectivity index (χ0n) is 35.1. The van der Waals surface area contributed by atoms with Gasteiger partial charge in [-0.1, -0.05) is 111 Å². The van der Waals surface area contributed by atoms with E-state index in [9.17, 15) is 19.8 Å². The van der Waals surface area contributed by atoms with Gasteiger partial charge in [-0.25, -0.2) is 29.9 Å². The molecule has 1 atom stereocenters. The standard InChI is InChI=1S/C48H46N8O4/c1-46(2,3)24-11-15-28-33(19-24)43-52-38(28)50-41-32-18-23(31(45(59)60)22-36(57)58)10-14-27(32)37(49-41)51-42-34-20-25(47(4,5)6)12-16-29(34)39(53-42)55-44-35-21-26(48(7,8)9)13-17-30(35)40(54-43)56-44/h10-21,31H,22H2,1-9H3,(H,57,58)(H,59,60)(H2,49,50,51,52,53,54,55,56). The summed E-state index contributed by atoms with van der Waals surface area (Å²) < 4.78 is 0. The van der Waals surface area contributed by atoms with Gasteiger partial charge in [0.15, 0.2) is 23.3 Å². The molecule has 3 aromatic heterocycles. The van der Waals surface area contributed by atoms with Crippen LogP contribution in [0.4, 0.5) is 0 Å². The first-order chi connectivity index (χ1) is 28.2. The number of H-pyrrole nitrogens is 2. The summed E-state index contributed by atoms with van der Waals surface area (Å²) in [5.41, 5.74) is 8.48. The van der Waals surface area contributed by atoms with Crippen LogP contribution in [0.1, 0.15) is 96.9 Å². The fraction of sp³-hybridized carbons (Fsp3) is 0.292. The molecule has 8 bridgehead atoms. The average molecular weight is 799 g/mol. The lowest BCUT2D eigenvalue weighted by Gasteiger charge is -2.19. The fourth-order valence-corrected chi connectivity index (χ4v) is 7.95. The predicted molar refractivity (Wildman–Crippen MR) is 235 cm³/mol. The number of hydrogen-bond acceptors (Lipinski definition) is 8. The molecule has 9 rings (SSSR count). The average Bonchev–Trinajstić information content (AvgIpc) is 3.90. The summed E-state index contributed by atoms with van der Waals surface area (Å²) in [6, 6.07) is 23.9. The van der Waals surface area contributed by atoms with Crippen molar-refractivity contribution in [2.45, 2.75) is 90.9 Å². The Hall–Kier alpha value is -6.82. The van der Waals surface area contributed by atoms with E-state index in [0.717, 1.165) is 49.7 Å². The van der Waals surface area contributed by atoms with Crippen molar-refractivity contribution in [3.05, 3.63) is 95.1 Å². The minimum atomic E-state index is -1.28. The number of carboxylic acid groups (broad SMARTS) is 2. The van der Waals surface area contributed by atoms with Crippen LogP contribution in [0.2, 0.25) is 0 Å². The third-order valence-electron chi connectivity index (χ3n) is 11.5. The van der Waals surface area contributed by atoms with Crippen LogP contribution in [0, 0.1) is 0 Å². The molecule has 12 heteroatoms. The van der Waals surface area contributed by atoms with E-state index in [1.165, 1.54) is 0 Å². The predicted octanol–water partition coefficient (Wildman–Crippen LogP) is 10.4. The van der Waals surface area contributed by atoms with Gasteiger partial charge in [0.05, 0.1) is 12.3 Å². The summed E-state index contributed by atoms with van der Waals surface area (Å²) in [6.07, 6.45) is -0.580. The van der Waals surface area contributed by atoms with Crippen LogP contribution in [-0.2, 0) is 25.8 Å². The lowest BCUT2D eigenvalue weighted by atomic mass is 9.85. The normalized spacial score (nSPS) is 13.3. The molecule has 0 spiro atoms. The number of nitrogens with one attached hydrogen (secondary N) is 2. The third-order valence-corrected chi connectivity index (χ3v) is 11.5. The van der Waals surface area contributed by atoms with Gasteiger partial charge in [0, 0.05) is 43.8 Å². The summed E-state index contributed by atoms with van der Waals surface area (Å²) >= 11 is 0. The van der Waals surface area contributed by atoms with Crippen molar-refractivity contribution in [3.63, 3.8) is 0 Å². The van der Waals surface area contributed by atoms with Crippen molar-refractivity contribution in [2.24, 2.45) is 0 Å². The first-order valence-electron chi connectivity index (χ1n) is 20.1. The molecule has 0 radical (unpaired) electrons. The van der Waals surface area contributed by atoms with Crippen LogP contribution in [0.3, 0.4) is 0 Å². The van der Waals surface area contributed by atoms with Gasteiger partial charge in [0.2, 0.25) is 0 Å². The summed E-state index contributed by atoms with van der Waals surface area (Å²) in [4.78, 5) is 62.1. The number of hydrogen-bond donors (Lipinski definition) is 4. The molecule has 5 heterocycles. The van der Waals surface area contributed by atoms with E-state index in [1.807, 2.05) is 12.1 Å². The number of aliphatic carboxylic acids is 2. The summed E-state index contributed by atoms with van der Waals surface area (Å²) in [6.45, 7) is 19.5. The topological polar surface area (TPSA) is 184 Å². The second-order valence-electron chi connectivity index (χ2n) is 18.9. The zero-order chi connectivity index (χ0) is 42.6. The van der Waals surface area contributed by atoms with E-state index in [4.69, 9.17) is 29.9 Å². The molecule has 0 saturated carbocycles. The number of benzene rings is 4. The number of rotatable bonds is 4. The highest BCUT2D eigenvalue weighted by molar-refractivity contribution is 6.07. The molecule has 4 N–H and O–H groups in total. The molecule has 2 aliphatic heterocycles. The lowest BCUT2D eigenvalue weighted by Crippen LogP contribution is -2.15. The molecule has 2 aliphatic rings. The molecule has 0 saturated heterocycles. The number of carboxylic acids is 2. The number of fused-ring (bicyclic) bond motifs is 20. The Kier molecular flexibility index (Phi) is 8.61. The lowest BCUT2D eigenvalue weighted by molar-refractivity contribution is -0.145. The number of carbonyl (C=O) groups is 2. The van der Waals surface area contributed by atoms with Crippen LogP contribution in [0.15, 0.2) is 72.8 Å². The molecule has 302 valence electrons. The molecule has 4 aromatic carbocycles. The van der Waals surface area contributed by atoms with Gasteiger partial charge >= 0.3 is 11.9 Å². The molecule has 0 fully saturated rings. The Morgan fingerprint density at radius 2 is 0.867 bits per heavy atom. The number of aromatic amines is 2. The van der Waals surface area contributed by atoms with Crippen LogP contribution in [-0.4, -0.2) is 62.0 Å². The maximum absolute atomic E-state index is 12.4. The van der Waals surface area contributed by atoms with Gasteiger partial charge in [0.25, 0.3) is 0 Å². The molecular formula is C48H46N8O4. The summed E-state index contributed by atoms with van der Waals surface area (Å²) in [5.74, 6) is -1.92. The van der Waals surface area contributed by atoms with E-state index in [0.29, 0.717) is 62.2 Å². The van der Waals surface area contributed by atoms with Crippen molar-refractivity contribution < 1.29 is 19.8 Å². The number of aromatic nitrogens is 8. The largest absolute Gasteiger partial charge is 0.481 e. The maximum Gasteiger partial charge on any atom is 0.311 e. The quantitative estimate of drug-likeness (QED) is 0.134. The second-order valence-corrected chi connectivity index (χ2v) is 18.9. The minimum absolute atomic E-state index is 0.123. The first-order valence-corrected chi connectivity index (χ1v) is 20.1. The monoisotopic (exact) mass is 798 g/mol. The Morgan fingerprint density at radius 3 is 1.30 bits per heavy atom. The van der Waals surface area contributed by atoms with E-state index >= 15 is 0 Å². The second kappa shape index (κ2) is 13.4. The van der Waals surface area contributed by atoms with Gasteiger partial charge in [-0.2, -0.15) is 0 Å². The highest BCUT2D eigenvalue weighted by atomic mass is 16.4. The van der Waals surface area contributed by atoms with Crippen molar-refractivity contribution in [1.29, 1.82) is 0 Å². The van der Waals surface area contributed by atoms with Gasteiger partial charge < -0.3 is 20.2 Å². The van der Waals surface area contributed by atoms with Gasteiger partial charge in [0.1, 0.15) is 22.6 Å². The highest BCUT2D eigenvalue weighted by Crippen LogP contribution is 2.41. The molecule has 7 aromatic rings. The van der Waals surface area contributed by atoms with Crippen LogP contribution < -0.4 is 0 Å². The van der Waals surface area contributed by atoms with Crippen molar-refractivity contribution >= 4 is 56.1 Å². The van der Waals surface area contributed by atoms with Crippen molar-refractivity contribution in [1.82, 2.24) is 39.9 Å². The minimum Gasteiger partial charge on any atom is -0.481 e. The first kappa shape index (κ1) is 38.7. The Labute approximate surface area is 346 Å². The van der Waals surface area contributed by atoms with Crippen molar-refractivity contribution in [3.8, 4) is 45.6 Å². The molecule has 60 heavy (non-hydrogen) atoms. The maximum atomic E-state index is 12.4. The smallest absolute Gasteiger partial charge is 0.311 e. The molecule has 12 nitrogen and oxygen atoms in total. The molecule has 0 amide bonds. The van der Waals surface area contributed by atoms with E-state index in [2.05, 4.69) is 115 Å². The molecular weight excluding hydrogens is 753 g/mol. The SMILES string of the molecule is CC(C)(C)c1ccc2c(c1)-c1nc-2nc2[nH]c(nc3nc(nc4[nH]c(n1)c1ccc(C(CC(=O)O)C(=O)O)cc41)-c1ccc(C(C)(C)C)cc1-3)c1ccc(C(C)(C)C)cc21. The van der Waals surface area contributed by atoms with E-state index in [-0.39, 0.29) is 16.2 Å². The Balaban J connectivity index is 1.45. The van der Waals surface area contributed by atoms with Crippen molar-refractivity contribution in [2.75, 3.05) is 0 Å². The third kappa shape index (κ3) is 6.65. The summed E-state index contributed by atoms with van der Waals surface area (Å²) in [5, 5.41) is 22.7. The zero-order valence-corrected chi connectivity index (χ0v) is 35.1. The van der Waals surface area contributed by atoms with Gasteiger partial charge in [-0.05, 0) is 62.8 Å². The van der Waals surface area contributed by atoms with Gasteiger partial charge in [-0.3, -0.25) is 9.59 Å². The molecule has 0 aliphatic carbocycles. The molecule has 1 unspecified atom stereocenters. The highest BCUT2D eigenvalue weighted by Gasteiger charge is 2.28. The van der Waals surface area contributed by atoms with E-state index in [1.54, 1.807) is 18.2 Å². The Morgan fingerprint density at radius 1 is 0.483 bits per heavy atom. The van der Waals surface area contributed by atoms with Crippen LogP contribution in [0.25, 0.3) is 89.7 Å². The van der Waals surface area contributed by atoms with Crippen LogP contribution >= 0.6 is 0 Å². The fourth-order valence-electron chi connectivity index (χ4n) is 7.95. The van der Waals surface area contributed by atoms with Crippen LogP contribution in [0.5, 0.6) is 0 Å². The Bertz CT molecular complexity index is 3140. The van der Waals surface area contributed by atoms with E-state index < -0.39 is 24.3 Å². The van der Waals surface area contributed by atoms with Gasteiger partial charge in [-0.15, -0.1) is 0 Å². The summed E-state index contributed by atoms with van der Waals surface area (Å²) in [7, 11) is 0. The number of nitrogens with zero attached hydrogens (tertiary/aromatic N) is 6.